The Morgan fingerprint density at radius 1 is 1.36 bits per heavy atom. The van der Waals surface area contributed by atoms with Crippen molar-refractivity contribution in [1.82, 2.24) is 0 Å². The maximum Gasteiger partial charge on any atom is 0.104 e. The first kappa shape index (κ1) is 10.8. The molecule has 0 aromatic heterocycles. The molecule has 14 heavy (non-hydrogen) atoms. The van der Waals surface area contributed by atoms with E-state index in [-0.39, 0.29) is 6.61 Å². The summed E-state index contributed by atoms with van der Waals surface area (Å²) in [4.78, 5) is 0. The smallest absolute Gasteiger partial charge is 0.104 e. The van der Waals surface area contributed by atoms with Gasteiger partial charge in [-0.15, -0.1) is 0 Å². The molecule has 2 heteroatoms. The second-order valence-electron chi connectivity index (χ2n) is 2.86. The molecule has 1 aromatic rings. The van der Waals surface area contributed by atoms with Crippen LogP contribution in [0.4, 0.5) is 0 Å². The number of ether oxygens (including phenoxy) is 1. The van der Waals surface area contributed by atoms with E-state index >= 15 is 0 Å². The lowest BCUT2D eigenvalue weighted by atomic mass is 10.1. The van der Waals surface area contributed by atoms with Crippen molar-refractivity contribution < 1.29 is 9.84 Å². The third-order valence-electron chi connectivity index (χ3n) is 1.90. The van der Waals surface area contributed by atoms with Gasteiger partial charge in [0.1, 0.15) is 6.61 Å². The minimum atomic E-state index is -0.0986. The number of methoxy groups -OCH3 is 1. The molecule has 0 aliphatic carbocycles. The highest BCUT2D eigenvalue weighted by molar-refractivity contribution is 5.41. The lowest BCUT2D eigenvalue weighted by Gasteiger charge is -2.02. The fourth-order valence-corrected chi connectivity index (χ4v) is 1.21. The first-order valence-corrected chi connectivity index (χ1v) is 4.55. The van der Waals surface area contributed by atoms with Gasteiger partial charge in [0, 0.05) is 12.7 Å². The van der Waals surface area contributed by atoms with Crippen LogP contribution in [0, 0.1) is 11.8 Å². The molecular weight excluding hydrogens is 176 g/mol. The molecule has 0 aliphatic heterocycles. The summed E-state index contributed by atoms with van der Waals surface area (Å²) in [6.45, 7) is 0.594. The number of hydrogen-bond donors (Lipinski definition) is 1. The number of benzene rings is 1. The predicted molar refractivity (Wildman–Crippen MR) is 56.0 cm³/mol. The summed E-state index contributed by atoms with van der Waals surface area (Å²) in [7, 11) is 1.68. The largest absolute Gasteiger partial charge is 0.384 e. The number of aliphatic hydroxyl groups is 1. The van der Waals surface area contributed by atoms with Crippen molar-refractivity contribution in [2.45, 2.75) is 6.42 Å². The fraction of sp³-hybridized carbons (Fsp3) is 0.333. The average molecular weight is 190 g/mol. The van der Waals surface area contributed by atoms with E-state index in [1.54, 1.807) is 7.11 Å². The SMILES string of the molecule is COCCc1ccccc1C#CCO. The summed E-state index contributed by atoms with van der Waals surface area (Å²) in [5, 5.41) is 8.60. The van der Waals surface area contributed by atoms with Crippen molar-refractivity contribution >= 4 is 0 Å². The van der Waals surface area contributed by atoms with Crippen molar-refractivity contribution in [2.24, 2.45) is 0 Å². The van der Waals surface area contributed by atoms with E-state index in [9.17, 15) is 0 Å². The maximum absolute atomic E-state index is 8.60. The van der Waals surface area contributed by atoms with Crippen molar-refractivity contribution in [3.05, 3.63) is 35.4 Å². The van der Waals surface area contributed by atoms with Gasteiger partial charge in [-0.3, -0.25) is 0 Å². The van der Waals surface area contributed by atoms with Gasteiger partial charge in [-0.2, -0.15) is 0 Å². The van der Waals surface area contributed by atoms with Gasteiger partial charge >= 0.3 is 0 Å². The summed E-state index contributed by atoms with van der Waals surface area (Å²) in [5.74, 6) is 5.56. The molecule has 0 atom stereocenters. The maximum atomic E-state index is 8.60. The van der Waals surface area contributed by atoms with E-state index in [1.807, 2.05) is 24.3 Å². The topological polar surface area (TPSA) is 29.5 Å². The molecule has 0 fully saturated rings. The van der Waals surface area contributed by atoms with E-state index in [1.165, 1.54) is 0 Å². The molecule has 0 bridgehead atoms. The third-order valence-corrected chi connectivity index (χ3v) is 1.90. The van der Waals surface area contributed by atoms with Gasteiger partial charge in [0.05, 0.1) is 6.61 Å². The molecule has 0 spiro atoms. The molecule has 74 valence electrons. The number of rotatable bonds is 3. The average Bonchev–Trinajstić information content (AvgIpc) is 2.24. The predicted octanol–water partition coefficient (Wildman–Crippen LogP) is 1.22. The first-order chi connectivity index (χ1) is 6.88. The van der Waals surface area contributed by atoms with E-state index in [4.69, 9.17) is 9.84 Å². The summed E-state index contributed by atoms with van der Waals surface area (Å²) >= 11 is 0. The van der Waals surface area contributed by atoms with Gasteiger partial charge in [-0.1, -0.05) is 30.0 Å². The third kappa shape index (κ3) is 3.21. The van der Waals surface area contributed by atoms with Crippen LogP contribution in [0.25, 0.3) is 0 Å². The van der Waals surface area contributed by atoms with Gasteiger partial charge in [-0.25, -0.2) is 0 Å². The molecule has 0 unspecified atom stereocenters. The molecule has 0 aliphatic rings. The lowest BCUT2D eigenvalue weighted by molar-refractivity contribution is 0.202. The highest BCUT2D eigenvalue weighted by Gasteiger charge is 1.97. The van der Waals surface area contributed by atoms with E-state index in [0.29, 0.717) is 6.61 Å². The van der Waals surface area contributed by atoms with Crippen LogP contribution >= 0.6 is 0 Å². The van der Waals surface area contributed by atoms with Crippen molar-refractivity contribution in [3.8, 4) is 11.8 Å². The normalized spacial score (nSPS) is 9.29. The summed E-state index contributed by atoms with van der Waals surface area (Å²) in [6.07, 6.45) is 0.854. The highest BCUT2D eigenvalue weighted by Crippen LogP contribution is 2.07. The van der Waals surface area contributed by atoms with Gasteiger partial charge in [0.2, 0.25) is 0 Å². The molecule has 1 N–H and O–H groups in total. The Morgan fingerprint density at radius 2 is 2.14 bits per heavy atom. The first-order valence-electron chi connectivity index (χ1n) is 4.55. The van der Waals surface area contributed by atoms with Crippen LogP contribution in [-0.2, 0) is 11.2 Å². The zero-order valence-electron chi connectivity index (χ0n) is 8.29. The molecule has 0 heterocycles. The minimum absolute atomic E-state index is 0.0986. The molecule has 1 rings (SSSR count). The second kappa shape index (κ2) is 6.20. The molecule has 0 radical (unpaired) electrons. The van der Waals surface area contributed by atoms with Crippen LogP contribution < -0.4 is 0 Å². The monoisotopic (exact) mass is 190 g/mol. The van der Waals surface area contributed by atoms with Gasteiger partial charge in [0.25, 0.3) is 0 Å². The quantitative estimate of drug-likeness (QED) is 0.726. The van der Waals surface area contributed by atoms with Crippen molar-refractivity contribution in [3.63, 3.8) is 0 Å². The summed E-state index contributed by atoms with van der Waals surface area (Å²) in [6, 6.07) is 7.90. The zero-order valence-corrected chi connectivity index (χ0v) is 8.29. The Morgan fingerprint density at radius 3 is 2.86 bits per heavy atom. The van der Waals surface area contributed by atoms with Gasteiger partial charge in [-0.05, 0) is 18.1 Å². The van der Waals surface area contributed by atoms with Crippen molar-refractivity contribution in [2.75, 3.05) is 20.3 Å². The highest BCUT2D eigenvalue weighted by atomic mass is 16.5. The number of aliphatic hydroxyl groups excluding tert-OH is 1. The second-order valence-corrected chi connectivity index (χ2v) is 2.86. The molecule has 2 nitrogen and oxygen atoms in total. The Hall–Kier alpha value is -1.30. The summed E-state index contributed by atoms with van der Waals surface area (Å²) in [5.41, 5.74) is 2.13. The molecule has 0 saturated heterocycles. The molecule has 0 saturated carbocycles. The van der Waals surface area contributed by atoms with E-state index in [2.05, 4.69) is 11.8 Å². The molecule has 1 aromatic carbocycles. The van der Waals surface area contributed by atoms with Crippen LogP contribution in [0.5, 0.6) is 0 Å². The Kier molecular flexibility index (Phi) is 4.77. The van der Waals surface area contributed by atoms with E-state index < -0.39 is 0 Å². The lowest BCUT2D eigenvalue weighted by Crippen LogP contribution is -1.97. The Labute approximate surface area is 84.5 Å². The minimum Gasteiger partial charge on any atom is -0.384 e. The zero-order chi connectivity index (χ0) is 10.2. The number of hydrogen-bond acceptors (Lipinski definition) is 2. The standard InChI is InChI=1S/C12H14O2/c1-14-10-8-12-6-3-2-5-11(12)7-4-9-13/h2-3,5-6,13H,8-10H2,1H3. The summed E-state index contributed by atoms with van der Waals surface area (Å²) < 4.78 is 5.01. The fourth-order valence-electron chi connectivity index (χ4n) is 1.21. The molecular formula is C12H14O2. The van der Waals surface area contributed by atoms with Gasteiger partial charge < -0.3 is 9.84 Å². The van der Waals surface area contributed by atoms with Crippen LogP contribution in [0.1, 0.15) is 11.1 Å². The van der Waals surface area contributed by atoms with Crippen LogP contribution in [0.3, 0.4) is 0 Å². The van der Waals surface area contributed by atoms with Crippen LogP contribution in [0.2, 0.25) is 0 Å². The van der Waals surface area contributed by atoms with Gasteiger partial charge in [0.15, 0.2) is 0 Å². The van der Waals surface area contributed by atoms with Crippen molar-refractivity contribution in [1.29, 1.82) is 0 Å². The van der Waals surface area contributed by atoms with Crippen LogP contribution in [0.15, 0.2) is 24.3 Å². The molecule has 0 amide bonds. The Balaban J connectivity index is 2.80. The van der Waals surface area contributed by atoms with Crippen LogP contribution in [-0.4, -0.2) is 25.4 Å². The Bertz CT molecular complexity index is 334. The van der Waals surface area contributed by atoms with E-state index in [0.717, 1.165) is 17.5 Å².